The Labute approximate surface area is 212 Å². The van der Waals surface area contributed by atoms with Crippen molar-refractivity contribution < 1.29 is 18.0 Å². The van der Waals surface area contributed by atoms with Gasteiger partial charge in [-0.25, -0.2) is 8.42 Å². The molecule has 3 aromatic rings. The lowest BCUT2D eigenvalue weighted by atomic mass is 10.1. The Balaban J connectivity index is 1.59. The van der Waals surface area contributed by atoms with Crippen LogP contribution in [0, 0.1) is 6.92 Å². The molecule has 0 saturated carbocycles. The van der Waals surface area contributed by atoms with Gasteiger partial charge in [-0.15, -0.1) is 0 Å². The maximum Gasteiger partial charge on any atom is 0.264 e. The summed E-state index contributed by atoms with van der Waals surface area (Å²) < 4.78 is 28.2. The molecule has 7 nitrogen and oxygen atoms in total. The zero-order chi connectivity index (χ0) is 25.5. The van der Waals surface area contributed by atoms with Crippen LogP contribution in [0.4, 0.5) is 11.4 Å². The van der Waals surface area contributed by atoms with Crippen LogP contribution in [-0.2, 0) is 14.8 Å². The normalized spacial score (nSPS) is 14.1. The first-order valence-electron chi connectivity index (χ1n) is 12.2. The Morgan fingerprint density at radius 1 is 0.833 bits per heavy atom. The second kappa shape index (κ2) is 11.4. The number of hydrogen-bond donors (Lipinski definition) is 1. The third-order valence-corrected chi connectivity index (χ3v) is 8.05. The van der Waals surface area contributed by atoms with Gasteiger partial charge in [0.05, 0.1) is 21.8 Å². The van der Waals surface area contributed by atoms with E-state index < -0.39 is 22.5 Å². The summed E-state index contributed by atoms with van der Waals surface area (Å²) in [5.74, 6) is -0.661. The first-order chi connectivity index (χ1) is 17.4. The van der Waals surface area contributed by atoms with Gasteiger partial charge in [-0.3, -0.25) is 13.9 Å². The van der Waals surface area contributed by atoms with E-state index in [1.54, 1.807) is 66.7 Å². The van der Waals surface area contributed by atoms with Crippen LogP contribution in [0.15, 0.2) is 83.8 Å². The topological polar surface area (TPSA) is 86.8 Å². The van der Waals surface area contributed by atoms with Crippen LogP contribution < -0.4 is 9.62 Å². The predicted octanol–water partition coefficient (Wildman–Crippen LogP) is 4.85. The highest BCUT2D eigenvalue weighted by molar-refractivity contribution is 7.92. The molecule has 4 rings (SSSR count). The summed E-state index contributed by atoms with van der Waals surface area (Å²) in [6.45, 7) is 2.82. The first-order valence-corrected chi connectivity index (χ1v) is 13.6. The molecule has 1 aliphatic rings. The highest BCUT2D eigenvalue weighted by Crippen LogP contribution is 2.25. The Kier molecular flexibility index (Phi) is 8.05. The highest BCUT2D eigenvalue weighted by Gasteiger charge is 2.28. The van der Waals surface area contributed by atoms with Crippen molar-refractivity contribution in [2.45, 2.75) is 37.5 Å². The zero-order valence-electron chi connectivity index (χ0n) is 20.4. The zero-order valence-corrected chi connectivity index (χ0v) is 21.2. The molecule has 0 aliphatic carbocycles. The molecule has 1 aliphatic heterocycles. The van der Waals surface area contributed by atoms with E-state index in [0.29, 0.717) is 30.0 Å². The van der Waals surface area contributed by atoms with Crippen molar-refractivity contribution in [3.63, 3.8) is 0 Å². The molecular weight excluding hydrogens is 474 g/mol. The van der Waals surface area contributed by atoms with Gasteiger partial charge >= 0.3 is 0 Å². The third-order valence-electron chi connectivity index (χ3n) is 6.27. The van der Waals surface area contributed by atoms with Gasteiger partial charge in [0.2, 0.25) is 5.91 Å². The number of aryl methyl sites for hydroxylation is 1. The molecule has 0 atom stereocenters. The number of sulfonamides is 1. The minimum Gasteiger partial charge on any atom is -0.339 e. The standard InChI is InChI=1S/C28H31N3O4S/c1-22-15-17-24(18-16-22)36(34,35)31(23-11-5-4-6-12-23)21-27(32)29-26-14-8-7-13-25(26)28(33)30-19-9-2-3-10-20-30/h4-8,11-18H,2-3,9-10,19-21H2,1H3,(H,29,32). The number of para-hydroxylation sites is 2. The van der Waals surface area contributed by atoms with Crippen LogP contribution in [0.1, 0.15) is 41.6 Å². The van der Waals surface area contributed by atoms with Gasteiger partial charge in [0, 0.05) is 13.1 Å². The number of anilines is 2. The van der Waals surface area contributed by atoms with Crippen LogP contribution in [0.2, 0.25) is 0 Å². The van der Waals surface area contributed by atoms with E-state index in [2.05, 4.69) is 5.32 Å². The summed E-state index contributed by atoms with van der Waals surface area (Å²) in [4.78, 5) is 28.4. The molecule has 0 spiro atoms. The Bertz CT molecular complexity index is 1300. The van der Waals surface area contributed by atoms with Gasteiger partial charge in [-0.2, -0.15) is 0 Å². The molecule has 188 valence electrons. The van der Waals surface area contributed by atoms with Crippen LogP contribution in [0.5, 0.6) is 0 Å². The number of carbonyl (C=O) groups excluding carboxylic acids is 2. The lowest BCUT2D eigenvalue weighted by Gasteiger charge is -2.25. The fourth-order valence-corrected chi connectivity index (χ4v) is 5.71. The maximum atomic E-state index is 13.5. The largest absolute Gasteiger partial charge is 0.339 e. The second-order valence-corrected chi connectivity index (χ2v) is 10.8. The maximum absolute atomic E-state index is 13.5. The summed E-state index contributed by atoms with van der Waals surface area (Å²) in [6.07, 6.45) is 4.13. The number of nitrogens with one attached hydrogen (secondary N) is 1. The number of nitrogens with zero attached hydrogens (tertiary/aromatic N) is 2. The first kappa shape index (κ1) is 25.4. The second-order valence-electron chi connectivity index (χ2n) is 8.96. The van der Waals surface area contributed by atoms with Crippen molar-refractivity contribution in [3.05, 3.63) is 90.0 Å². The van der Waals surface area contributed by atoms with Gasteiger partial charge in [-0.1, -0.05) is 60.9 Å². The lowest BCUT2D eigenvalue weighted by Crippen LogP contribution is -2.38. The molecule has 0 radical (unpaired) electrons. The summed E-state index contributed by atoms with van der Waals surface area (Å²) in [5, 5.41) is 2.79. The van der Waals surface area contributed by atoms with Gasteiger partial charge in [-0.05, 0) is 56.2 Å². The van der Waals surface area contributed by atoms with Gasteiger partial charge in [0.15, 0.2) is 0 Å². The average Bonchev–Trinajstić information content (AvgIpc) is 3.18. The number of carbonyl (C=O) groups is 2. The van der Waals surface area contributed by atoms with E-state index in [1.807, 2.05) is 11.8 Å². The van der Waals surface area contributed by atoms with E-state index in [9.17, 15) is 18.0 Å². The van der Waals surface area contributed by atoms with E-state index in [4.69, 9.17) is 0 Å². The van der Waals surface area contributed by atoms with E-state index in [-0.39, 0.29) is 10.8 Å². The predicted molar refractivity (Wildman–Crippen MR) is 142 cm³/mol. The van der Waals surface area contributed by atoms with Crippen LogP contribution in [0.25, 0.3) is 0 Å². The Morgan fingerprint density at radius 3 is 2.11 bits per heavy atom. The van der Waals surface area contributed by atoms with Crippen LogP contribution in [-0.4, -0.2) is 44.8 Å². The molecule has 8 heteroatoms. The van der Waals surface area contributed by atoms with Crippen molar-refractivity contribution in [2.75, 3.05) is 29.3 Å². The molecule has 0 aromatic heterocycles. The highest BCUT2D eigenvalue weighted by atomic mass is 32.2. The van der Waals surface area contributed by atoms with Crippen molar-refractivity contribution in [1.82, 2.24) is 4.90 Å². The fourth-order valence-electron chi connectivity index (χ4n) is 4.29. The summed E-state index contributed by atoms with van der Waals surface area (Å²) in [5.41, 5.74) is 2.09. The molecule has 3 aromatic carbocycles. The van der Waals surface area contributed by atoms with Gasteiger partial charge in [0.1, 0.15) is 6.54 Å². The number of benzene rings is 3. The van der Waals surface area contributed by atoms with Gasteiger partial charge in [0.25, 0.3) is 15.9 Å². The number of hydrogen-bond acceptors (Lipinski definition) is 4. The molecular formula is C28H31N3O4S. The lowest BCUT2D eigenvalue weighted by molar-refractivity contribution is -0.114. The summed E-state index contributed by atoms with van der Waals surface area (Å²) >= 11 is 0. The molecule has 1 fully saturated rings. The molecule has 0 unspecified atom stereocenters. The van der Waals surface area contributed by atoms with E-state index in [0.717, 1.165) is 35.6 Å². The van der Waals surface area contributed by atoms with Crippen molar-refractivity contribution in [2.24, 2.45) is 0 Å². The van der Waals surface area contributed by atoms with Gasteiger partial charge < -0.3 is 10.2 Å². The molecule has 2 amide bonds. The van der Waals surface area contributed by atoms with Crippen LogP contribution >= 0.6 is 0 Å². The summed E-state index contributed by atoms with van der Waals surface area (Å²) in [6, 6.07) is 21.9. The SMILES string of the molecule is Cc1ccc(S(=O)(=O)N(CC(=O)Nc2ccccc2C(=O)N2CCCCCC2)c2ccccc2)cc1. The molecule has 1 saturated heterocycles. The quantitative estimate of drug-likeness (QED) is 0.498. The third kappa shape index (κ3) is 5.94. The van der Waals surface area contributed by atoms with E-state index >= 15 is 0 Å². The number of likely N-dealkylation sites (tertiary alicyclic amines) is 1. The summed E-state index contributed by atoms with van der Waals surface area (Å²) in [7, 11) is -4.01. The minimum absolute atomic E-state index is 0.0986. The number of rotatable bonds is 7. The smallest absolute Gasteiger partial charge is 0.264 e. The van der Waals surface area contributed by atoms with E-state index in [1.165, 1.54) is 12.1 Å². The monoisotopic (exact) mass is 505 g/mol. The molecule has 36 heavy (non-hydrogen) atoms. The minimum atomic E-state index is -4.01. The van der Waals surface area contributed by atoms with Crippen molar-refractivity contribution in [1.29, 1.82) is 0 Å². The van der Waals surface area contributed by atoms with Crippen molar-refractivity contribution in [3.8, 4) is 0 Å². The molecule has 1 N–H and O–H groups in total. The van der Waals surface area contributed by atoms with Crippen molar-refractivity contribution >= 4 is 33.2 Å². The van der Waals surface area contributed by atoms with Crippen LogP contribution in [0.3, 0.4) is 0 Å². The number of amides is 2. The Hall–Kier alpha value is -3.65. The Morgan fingerprint density at radius 2 is 1.44 bits per heavy atom. The average molecular weight is 506 g/mol. The molecule has 1 heterocycles. The molecule has 0 bridgehead atoms. The fraction of sp³-hybridized carbons (Fsp3) is 0.286.